The Kier molecular flexibility index (Phi) is 8.41. The zero-order valence-electron chi connectivity index (χ0n) is 26.6. The summed E-state index contributed by atoms with van der Waals surface area (Å²) >= 11 is 0. The van der Waals surface area contributed by atoms with E-state index in [-0.39, 0.29) is 18.8 Å². The van der Waals surface area contributed by atoms with E-state index in [4.69, 9.17) is 19.6 Å². The quantitative estimate of drug-likeness (QED) is 0.149. The largest absolute Gasteiger partial charge is 0.466 e. The number of carbonyl (C=O) groups is 3. The van der Waals surface area contributed by atoms with Crippen LogP contribution in [0.4, 0.5) is 5.69 Å². The lowest BCUT2D eigenvalue weighted by Crippen LogP contribution is -2.43. The van der Waals surface area contributed by atoms with Gasteiger partial charge in [-0.25, -0.2) is 9.67 Å². The second kappa shape index (κ2) is 12.6. The lowest BCUT2D eigenvalue weighted by Gasteiger charge is -2.37. The number of hydrogen-bond donors (Lipinski definition) is 0. The molecular formula is C37H36N4O5. The zero-order chi connectivity index (χ0) is 32.5. The van der Waals surface area contributed by atoms with Crippen molar-refractivity contribution in [2.75, 3.05) is 32.2 Å². The first-order valence-electron chi connectivity index (χ1n) is 15.5. The number of benzene rings is 3. The van der Waals surface area contributed by atoms with E-state index >= 15 is 0 Å². The number of para-hydroxylation sites is 1. The number of rotatable bonds is 8. The number of aryl methyl sites for hydroxylation is 1. The maximum atomic E-state index is 14.9. The maximum Gasteiger partial charge on any atom is 0.317 e. The predicted octanol–water partition coefficient (Wildman–Crippen LogP) is 6.27. The molecule has 1 aliphatic carbocycles. The molecule has 0 saturated heterocycles. The maximum absolute atomic E-state index is 14.9. The molecule has 9 nitrogen and oxygen atoms in total. The number of fused-ring (bicyclic) bond motifs is 3. The van der Waals surface area contributed by atoms with Crippen LogP contribution in [0.5, 0.6) is 0 Å². The van der Waals surface area contributed by atoms with E-state index in [9.17, 15) is 14.4 Å². The number of nitrogens with zero attached hydrogens (tertiary/aromatic N) is 4. The standard InChI is InChI=1S/C37H36N4O5/c1-6-45-36(43)30-28(23-14-10-8-11-15-23)32(37(44)46-7-2)34(42)31-29(30)27-22(3)39-41(26-16-12-9-13-17-26)35(27)38-33(31)24-18-20-25(21-19-24)40(4)5/h8-21,28,30,32H,6-7H2,1-5H3/t28-,30-,32+/m1/s1. The number of esters is 2. The van der Waals surface area contributed by atoms with E-state index in [1.165, 1.54) is 0 Å². The van der Waals surface area contributed by atoms with Crippen LogP contribution in [0.25, 0.3) is 28.0 Å². The Bertz CT molecular complexity index is 1920. The summed E-state index contributed by atoms with van der Waals surface area (Å²) in [5, 5.41) is 5.46. The predicted molar refractivity (Wildman–Crippen MR) is 176 cm³/mol. The molecule has 3 atom stereocenters. The molecular weight excluding hydrogens is 580 g/mol. The highest BCUT2D eigenvalue weighted by molar-refractivity contribution is 6.18. The van der Waals surface area contributed by atoms with Crippen LogP contribution in [0.3, 0.4) is 0 Å². The van der Waals surface area contributed by atoms with E-state index in [1.54, 1.807) is 18.5 Å². The molecule has 2 aromatic heterocycles. The summed E-state index contributed by atoms with van der Waals surface area (Å²) in [6.07, 6.45) is 0. The van der Waals surface area contributed by atoms with E-state index < -0.39 is 35.5 Å². The van der Waals surface area contributed by atoms with Gasteiger partial charge in [0.25, 0.3) is 0 Å². The van der Waals surface area contributed by atoms with Gasteiger partial charge in [-0.1, -0.05) is 60.7 Å². The number of ether oxygens (including phenoxy) is 2. The summed E-state index contributed by atoms with van der Waals surface area (Å²) in [4.78, 5) is 50.0. The normalized spacial score (nSPS) is 17.4. The molecule has 0 saturated carbocycles. The molecule has 0 fully saturated rings. The van der Waals surface area contributed by atoms with E-state index in [1.807, 2.05) is 111 Å². The molecule has 0 unspecified atom stereocenters. The fourth-order valence-electron chi connectivity index (χ4n) is 6.52. The van der Waals surface area contributed by atoms with Crippen molar-refractivity contribution in [3.8, 4) is 16.9 Å². The van der Waals surface area contributed by atoms with Crippen LogP contribution in [0, 0.1) is 12.8 Å². The first-order chi connectivity index (χ1) is 22.3. The second-order valence-electron chi connectivity index (χ2n) is 11.5. The van der Waals surface area contributed by atoms with E-state index in [0.717, 1.165) is 11.4 Å². The summed E-state index contributed by atoms with van der Waals surface area (Å²) in [5.74, 6) is -4.88. The molecule has 0 aliphatic heterocycles. The number of carbonyl (C=O) groups excluding carboxylic acids is 3. The Morgan fingerprint density at radius 3 is 2.00 bits per heavy atom. The zero-order valence-corrected chi connectivity index (χ0v) is 26.6. The highest BCUT2D eigenvalue weighted by Gasteiger charge is 2.53. The van der Waals surface area contributed by atoms with Gasteiger partial charge in [0.2, 0.25) is 0 Å². The Hall–Kier alpha value is -5.31. The van der Waals surface area contributed by atoms with Gasteiger partial charge in [0.05, 0.1) is 36.2 Å². The lowest BCUT2D eigenvalue weighted by atomic mass is 9.64. The highest BCUT2D eigenvalue weighted by Crippen LogP contribution is 2.51. The van der Waals surface area contributed by atoms with Gasteiger partial charge in [-0.05, 0) is 56.2 Å². The Labute approximate surface area is 267 Å². The van der Waals surface area contributed by atoms with Gasteiger partial charge in [0.15, 0.2) is 11.4 Å². The second-order valence-corrected chi connectivity index (χ2v) is 11.5. The molecule has 5 aromatic rings. The summed E-state index contributed by atoms with van der Waals surface area (Å²) in [7, 11) is 3.90. The monoisotopic (exact) mass is 616 g/mol. The minimum absolute atomic E-state index is 0.0835. The summed E-state index contributed by atoms with van der Waals surface area (Å²) < 4.78 is 13.0. The molecule has 0 amide bonds. The summed E-state index contributed by atoms with van der Waals surface area (Å²) in [6.45, 7) is 5.49. The van der Waals surface area contributed by atoms with Gasteiger partial charge in [-0.15, -0.1) is 0 Å². The van der Waals surface area contributed by atoms with Crippen LogP contribution in [-0.4, -0.2) is 59.8 Å². The molecule has 6 rings (SSSR count). The summed E-state index contributed by atoms with van der Waals surface area (Å²) in [5.41, 5.74) is 5.21. The van der Waals surface area contributed by atoms with Crippen LogP contribution in [0.1, 0.15) is 52.9 Å². The molecule has 234 valence electrons. The number of aromatic nitrogens is 3. The van der Waals surface area contributed by atoms with Crippen molar-refractivity contribution in [1.82, 2.24) is 14.8 Å². The SMILES string of the molecule is CCOC(=O)[C@@H]1C(=O)c2c(-c3ccc(N(C)C)cc3)nc3c(c(C)nn3-c3ccccc3)c2[C@H](C(=O)OCC)[C@H]1c1ccccc1. The first-order valence-corrected chi connectivity index (χ1v) is 15.5. The van der Waals surface area contributed by atoms with Crippen molar-refractivity contribution in [2.45, 2.75) is 32.6 Å². The molecule has 46 heavy (non-hydrogen) atoms. The van der Waals surface area contributed by atoms with Crippen molar-refractivity contribution in [1.29, 1.82) is 0 Å². The molecule has 2 heterocycles. The molecule has 0 bridgehead atoms. The van der Waals surface area contributed by atoms with Crippen molar-refractivity contribution < 1.29 is 23.9 Å². The summed E-state index contributed by atoms with van der Waals surface area (Å²) in [6, 6.07) is 26.5. The van der Waals surface area contributed by atoms with Crippen LogP contribution in [-0.2, 0) is 19.1 Å². The van der Waals surface area contributed by atoms with E-state index in [2.05, 4.69) is 0 Å². The number of hydrogen-bond acceptors (Lipinski definition) is 8. The fourth-order valence-corrected chi connectivity index (χ4v) is 6.52. The molecule has 0 radical (unpaired) electrons. The molecule has 3 aromatic carbocycles. The lowest BCUT2D eigenvalue weighted by molar-refractivity contribution is -0.150. The average Bonchev–Trinajstić information content (AvgIpc) is 3.41. The number of pyridine rings is 1. The van der Waals surface area contributed by atoms with Gasteiger partial charge in [0.1, 0.15) is 5.92 Å². The van der Waals surface area contributed by atoms with Gasteiger partial charge < -0.3 is 14.4 Å². The third-order valence-corrected chi connectivity index (χ3v) is 8.51. The van der Waals surface area contributed by atoms with Gasteiger partial charge in [-0.3, -0.25) is 14.4 Å². The third-order valence-electron chi connectivity index (χ3n) is 8.51. The van der Waals surface area contributed by atoms with Crippen LogP contribution >= 0.6 is 0 Å². The van der Waals surface area contributed by atoms with Crippen LogP contribution in [0.15, 0.2) is 84.9 Å². The van der Waals surface area contributed by atoms with Crippen LogP contribution < -0.4 is 4.90 Å². The molecule has 9 heteroatoms. The molecule has 0 spiro atoms. The van der Waals surface area contributed by atoms with Crippen molar-refractivity contribution in [3.05, 3.63) is 107 Å². The van der Waals surface area contributed by atoms with Crippen molar-refractivity contribution >= 4 is 34.4 Å². The number of Topliss-reactive ketones (excluding diaryl/α,β-unsaturated/α-hetero) is 1. The fraction of sp³-hybridized carbons (Fsp3) is 0.270. The van der Waals surface area contributed by atoms with E-state index in [0.29, 0.717) is 39.1 Å². The molecule has 0 N–H and O–H groups in total. The topological polar surface area (TPSA) is 104 Å². The first kappa shape index (κ1) is 30.7. The highest BCUT2D eigenvalue weighted by atomic mass is 16.5. The van der Waals surface area contributed by atoms with Crippen molar-refractivity contribution in [3.63, 3.8) is 0 Å². The average molecular weight is 617 g/mol. The van der Waals surface area contributed by atoms with Gasteiger partial charge >= 0.3 is 11.9 Å². The Balaban J connectivity index is 1.76. The Morgan fingerprint density at radius 2 is 1.41 bits per heavy atom. The van der Waals surface area contributed by atoms with Gasteiger partial charge in [-0.2, -0.15) is 5.10 Å². The minimum atomic E-state index is -1.30. The minimum Gasteiger partial charge on any atom is -0.466 e. The number of anilines is 1. The third kappa shape index (κ3) is 5.21. The smallest absolute Gasteiger partial charge is 0.317 e. The van der Waals surface area contributed by atoms with Crippen molar-refractivity contribution in [2.24, 2.45) is 5.92 Å². The van der Waals surface area contributed by atoms with Crippen LogP contribution in [0.2, 0.25) is 0 Å². The molecule has 1 aliphatic rings. The van der Waals surface area contributed by atoms with Gasteiger partial charge in [0, 0.05) is 42.2 Å². The number of ketones is 1. The Morgan fingerprint density at radius 1 is 0.826 bits per heavy atom.